The average Bonchev–Trinajstić information content (AvgIpc) is 3.00. The Hall–Kier alpha value is -2.20. The number of benzene rings is 1. The summed E-state index contributed by atoms with van der Waals surface area (Å²) < 4.78 is 1.96. The lowest BCUT2D eigenvalue weighted by molar-refractivity contribution is 0.543. The Morgan fingerprint density at radius 1 is 1.10 bits per heavy atom. The van der Waals surface area contributed by atoms with Crippen molar-refractivity contribution in [3.63, 3.8) is 0 Å². The molecule has 0 aliphatic rings. The molecule has 102 valence electrons. The minimum absolute atomic E-state index is 0.855. The van der Waals surface area contributed by atoms with E-state index < -0.39 is 0 Å². The van der Waals surface area contributed by atoms with E-state index in [-0.39, 0.29) is 0 Å². The van der Waals surface area contributed by atoms with Crippen molar-refractivity contribution in [2.75, 3.05) is 6.54 Å². The first-order valence-electron chi connectivity index (χ1n) is 6.93. The first-order chi connectivity index (χ1) is 9.93. The molecule has 1 N–H and O–H groups in total. The number of hydrogen-bond donors (Lipinski definition) is 1. The summed E-state index contributed by atoms with van der Waals surface area (Å²) in [4.78, 5) is 4.30. The highest BCUT2D eigenvalue weighted by Gasteiger charge is 2.00. The van der Waals surface area contributed by atoms with E-state index in [1.165, 1.54) is 16.3 Å². The van der Waals surface area contributed by atoms with Gasteiger partial charge in [0.2, 0.25) is 0 Å². The molecule has 1 aromatic carbocycles. The molecule has 3 aromatic rings. The zero-order chi connectivity index (χ0) is 13.6. The van der Waals surface area contributed by atoms with Crippen LogP contribution >= 0.6 is 0 Å². The molecule has 0 aliphatic heterocycles. The third kappa shape index (κ3) is 3.03. The van der Waals surface area contributed by atoms with Crippen LogP contribution in [0.2, 0.25) is 0 Å². The van der Waals surface area contributed by atoms with Gasteiger partial charge in [-0.05, 0) is 30.0 Å². The molecule has 0 amide bonds. The average molecular weight is 266 g/mol. The Balaban J connectivity index is 1.52. The summed E-state index contributed by atoms with van der Waals surface area (Å²) in [7, 11) is 0. The van der Waals surface area contributed by atoms with Crippen LogP contribution in [0.1, 0.15) is 12.0 Å². The number of rotatable bonds is 6. The first kappa shape index (κ1) is 12.8. The lowest BCUT2D eigenvalue weighted by Gasteiger charge is -2.08. The van der Waals surface area contributed by atoms with Gasteiger partial charge in [0.1, 0.15) is 0 Å². The Morgan fingerprint density at radius 2 is 2.05 bits per heavy atom. The van der Waals surface area contributed by atoms with Crippen LogP contribution in [0.15, 0.2) is 55.1 Å². The molecular formula is C16H18N4. The molecule has 0 aliphatic carbocycles. The fraction of sp³-hybridized carbons (Fsp3) is 0.250. The number of nitrogens with one attached hydrogen (secondary N) is 1. The highest BCUT2D eigenvalue weighted by molar-refractivity contribution is 5.84. The van der Waals surface area contributed by atoms with E-state index in [0.717, 1.165) is 26.1 Å². The molecule has 0 atom stereocenters. The minimum atomic E-state index is 0.855. The molecule has 0 bridgehead atoms. The summed E-state index contributed by atoms with van der Waals surface area (Å²) in [5.74, 6) is 0. The topological polar surface area (TPSA) is 42.7 Å². The minimum Gasteiger partial charge on any atom is -0.313 e. The van der Waals surface area contributed by atoms with Gasteiger partial charge >= 0.3 is 0 Å². The van der Waals surface area contributed by atoms with Gasteiger partial charge in [0.05, 0.1) is 0 Å². The van der Waals surface area contributed by atoms with E-state index in [9.17, 15) is 0 Å². The molecule has 4 nitrogen and oxygen atoms in total. The number of aryl methyl sites for hydroxylation is 1. The fourth-order valence-electron chi connectivity index (χ4n) is 2.34. The molecule has 0 unspecified atom stereocenters. The number of hydrogen-bond acceptors (Lipinski definition) is 3. The smallest absolute Gasteiger partial charge is 0.0489 e. The molecule has 0 fully saturated rings. The van der Waals surface area contributed by atoms with Crippen molar-refractivity contribution >= 4 is 10.8 Å². The van der Waals surface area contributed by atoms with E-state index in [4.69, 9.17) is 0 Å². The maximum absolute atomic E-state index is 4.30. The fourth-order valence-corrected chi connectivity index (χ4v) is 2.34. The van der Waals surface area contributed by atoms with Gasteiger partial charge in [-0.3, -0.25) is 9.67 Å². The molecule has 2 aromatic heterocycles. The number of aromatic nitrogens is 3. The van der Waals surface area contributed by atoms with Gasteiger partial charge in [0.25, 0.3) is 0 Å². The second-order valence-corrected chi connectivity index (χ2v) is 4.82. The number of fused-ring (bicyclic) bond motifs is 1. The lowest BCUT2D eigenvalue weighted by atomic mass is 10.1. The molecular weight excluding hydrogens is 248 g/mol. The molecule has 0 spiro atoms. The van der Waals surface area contributed by atoms with E-state index in [2.05, 4.69) is 33.6 Å². The Kier molecular flexibility index (Phi) is 4.04. The predicted octanol–water partition coefficient (Wildman–Crippen LogP) is 2.61. The quantitative estimate of drug-likeness (QED) is 0.697. The molecule has 0 saturated heterocycles. The van der Waals surface area contributed by atoms with E-state index in [1.807, 2.05) is 41.6 Å². The van der Waals surface area contributed by atoms with Gasteiger partial charge in [0.15, 0.2) is 0 Å². The van der Waals surface area contributed by atoms with Crippen LogP contribution < -0.4 is 5.32 Å². The summed E-state index contributed by atoms with van der Waals surface area (Å²) in [6.45, 7) is 2.78. The molecule has 0 saturated carbocycles. The second-order valence-electron chi connectivity index (χ2n) is 4.82. The van der Waals surface area contributed by atoms with Crippen LogP contribution in [0.25, 0.3) is 10.8 Å². The van der Waals surface area contributed by atoms with E-state index in [0.29, 0.717) is 0 Å². The Labute approximate surface area is 118 Å². The zero-order valence-corrected chi connectivity index (χ0v) is 11.4. The molecule has 4 heteroatoms. The SMILES string of the molecule is c1ccc2c(CNCCCn3cccn3)cncc2c1. The van der Waals surface area contributed by atoms with Gasteiger partial charge in [-0.1, -0.05) is 24.3 Å². The van der Waals surface area contributed by atoms with Crippen LogP contribution in [0.3, 0.4) is 0 Å². The van der Waals surface area contributed by atoms with Gasteiger partial charge in [0, 0.05) is 43.3 Å². The Morgan fingerprint density at radius 3 is 2.95 bits per heavy atom. The van der Waals surface area contributed by atoms with Crippen molar-refractivity contribution in [2.45, 2.75) is 19.5 Å². The summed E-state index contributed by atoms with van der Waals surface area (Å²) >= 11 is 0. The molecule has 2 heterocycles. The molecule has 0 radical (unpaired) electrons. The van der Waals surface area contributed by atoms with Gasteiger partial charge in [-0.25, -0.2) is 0 Å². The monoisotopic (exact) mass is 266 g/mol. The predicted molar refractivity (Wildman–Crippen MR) is 80.3 cm³/mol. The normalized spacial score (nSPS) is 11.0. The van der Waals surface area contributed by atoms with Crippen molar-refractivity contribution < 1.29 is 0 Å². The second kappa shape index (κ2) is 6.30. The summed E-state index contributed by atoms with van der Waals surface area (Å²) in [6.07, 6.45) is 8.74. The maximum atomic E-state index is 4.30. The third-order valence-corrected chi connectivity index (χ3v) is 3.37. The maximum Gasteiger partial charge on any atom is 0.0489 e. The van der Waals surface area contributed by atoms with Gasteiger partial charge in [-0.15, -0.1) is 0 Å². The van der Waals surface area contributed by atoms with Gasteiger partial charge < -0.3 is 5.32 Å². The van der Waals surface area contributed by atoms with E-state index in [1.54, 1.807) is 0 Å². The van der Waals surface area contributed by atoms with Crippen molar-refractivity contribution in [3.05, 3.63) is 60.7 Å². The highest BCUT2D eigenvalue weighted by atomic mass is 15.3. The van der Waals surface area contributed by atoms with Crippen LogP contribution in [-0.4, -0.2) is 21.3 Å². The third-order valence-electron chi connectivity index (χ3n) is 3.37. The summed E-state index contributed by atoms with van der Waals surface area (Å²) in [6, 6.07) is 10.3. The summed E-state index contributed by atoms with van der Waals surface area (Å²) in [5, 5.41) is 10.1. The van der Waals surface area contributed by atoms with E-state index >= 15 is 0 Å². The Bertz CT molecular complexity index is 656. The zero-order valence-electron chi connectivity index (χ0n) is 11.4. The van der Waals surface area contributed by atoms with Crippen LogP contribution in [0, 0.1) is 0 Å². The van der Waals surface area contributed by atoms with Crippen molar-refractivity contribution in [1.29, 1.82) is 0 Å². The van der Waals surface area contributed by atoms with Crippen molar-refractivity contribution in [3.8, 4) is 0 Å². The van der Waals surface area contributed by atoms with Gasteiger partial charge in [-0.2, -0.15) is 5.10 Å². The largest absolute Gasteiger partial charge is 0.313 e. The summed E-state index contributed by atoms with van der Waals surface area (Å²) in [5.41, 5.74) is 1.25. The molecule has 20 heavy (non-hydrogen) atoms. The van der Waals surface area contributed by atoms with Crippen LogP contribution in [0.4, 0.5) is 0 Å². The first-order valence-corrected chi connectivity index (χ1v) is 6.93. The number of pyridine rings is 1. The van der Waals surface area contributed by atoms with Crippen LogP contribution in [0.5, 0.6) is 0 Å². The van der Waals surface area contributed by atoms with Crippen molar-refractivity contribution in [2.24, 2.45) is 0 Å². The molecule has 3 rings (SSSR count). The lowest BCUT2D eigenvalue weighted by Crippen LogP contribution is -2.17. The van der Waals surface area contributed by atoms with Crippen molar-refractivity contribution in [1.82, 2.24) is 20.1 Å². The standard InChI is InChI=1S/C16H18N4/c1-2-6-16-14(5-1)11-18-13-15(16)12-17-7-3-9-20-10-4-8-19-20/h1-2,4-6,8,10-11,13,17H,3,7,9,12H2. The van der Waals surface area contributed by atoms with Crippen LogP contribution in [-0.2, 0) is 13.1 Å². The highest BCUT2D eigenvalue weighted by Crippen LogP contribution is 2.16. The number of nitrogens with zero attached hydrogens (tertiary/aromatic N) is 3.